The van der Waals surface area contributed by atoms with E-state index in [1.54, 1.807) is 17.4 Å². The number of rotatable bonds is 10. The second-order valence-corrected chi connectivity index (χ2v) is 10.3. The van der Waals surface area contributed by atoms with Crippen LogP contribution in [-0.4, -0.2) is 39.6 Å². The van der Waals surface area contributed by atoms with Crippen molar-refractivity contribution in [3.63, 3.8) is 0 Å². The summed E-state index contributed by atoms with van der Waals surface area (Å²) in [7, 11) is 1.44. The summed E-state index contributed by atoms with van der Waals surface area (Å²) in [5.41, 5.74) is 14.2. The normalized spacial score (nSPS) is 18.9. The summed E-state index contributed by atoms with van der Waals surface area (Å²) in [6, 6.07) is -0.0909. The predicted molar refractivity (Wildman–Crippen MR) is 146 cm³/mol. The number of carbonyl (C=O) groups is 1. The van der Waals surface area contributed by atoms with Gasteiger partial charge in [0.05, 0.1) is 18.7 Å². The second-order valence-electron chi connectivity index (χ2n) is 9.40. The number of hydrogen-bond acceptors (Lipinski definition) is 9. The number of ether oxygens (including phenoxy) is 1. The highest BCUT2D eigenvalue weighted by Gasteiger charge is 2.33. The Morgan fingerprint density at radius 2 is 2.16 bits per heavy atom. The van der Waals surface area contributed by atoms with Crippen molar-refractivity contribution in [1.82, 2.24) is 20.1 Å². The van der Waals surface area contributed by atoms with Crippen molar-refractivity contribution >= 4 is 22.8 Å². The highest BCUT2D eigenvalue weighted by atomic mass is 32.1. The lowest BCUT2D eigenvalue weighted by Gasteiger charge is -2.24. The zero-order valence-corrected chi connectivity index (χ0v) is 23.0. The Morgan fingerprint density at radius 1 is 1.41 bits per heavy atom. The van der Waals surface area contributed by atoms with Gasteiger partial charge in [-0.3, -0.25) is 4.79 Å². The van der Waals surface area contributed by atoms with Gasteiger partial charge in [0, 0.05) is 34.8 Å². The van der Waals surface area contributed by atoms with Crippen molar-refractivity contribution in [2.45, 2.75) is 58.5 Å². The van der Waals surface area contributed by atoms with Gasteiger partial charge in [-0.15, -0.1) is 21.5 Å². The highest BCUT2D eigenvalue weighted by Crippen LogP contribution is 2.35. The van der Waals surface area contributed by atoms with Gasteiger partial charge < -0.3 is 25.5 Å². The van der Waals surface area contributed by atoms with Crippen LogP contribution in [-0.2, 0) is 15.1 Å². The fourth-order valence-corrected chi connectivity index (χ4v) is 5.09. The molecule has 0 radical (unpaired) electrons. The van der Waals surface area contributed by atoms with Crippen LogP contribution in [0.1, 0.15) is 68.6 Å². The monoisotopic (exact) mass is 524 g/mol. The summed E-state index contributed by atoms with van der Waals surface area (Å²) >= 11 is 1.56. The van der Waals surface area contributed by atoms with Crippen LogP contribution in [0.3, 0.4) is 0 Å². The van der Waals surface area contributed by atoms with E-state index in [4.69, 9.17) is 20.6 Å². The summed E-state index contributed by atoms with van der Waals surface area (Å²) in [5, 5.41) is 11.2. The average molecular weight is 525 g/mol. The SMILES string of the molecule is C=C(/C=C(\C=C(/N)OC)C(=O)N1CCCC1c1nc(C)cs1)c1nnc(C(C)(N)C/C(C)=C/C=C\C)o1. The molecule has 1 aliphatic rings. The van der Waals surface area contributed by atoms with Gasteiger partial charge in [0.25, 0.3) is 5.91 Å². The quantitative estimate of drug-likeness (QED) is 0.260. The van der Waals surface area contributed by atoms with Crippen LogP contribution in [0.15, 0.2) is 63.8 Å². The first-order chi connectivity index (χ1) is 17.6. The van der Waals surface area contributed by atoms with Crippen molar-refractivity contribution in [3.8, 4) is 0 Å². The molecule has 1 aliphatic heterocycles. The molecule has 1 fully saturated rings. The molecule has 198 valence electrons. The Balaban J connectivity index is 1.87. The summed E-state index contributed by atoms with van der Waals surface area (Å²) in [4.78, 5) is 20.1. The molecule has 3 heterocycles. The van der Waals surface area contributed by atoms with Crippen LogP contribution in [0.5, 0.6) is 0 Å². The predicted octanol–water partition coefficient (Wildman–Crippen LogP) is 4.67. The van der Waals surface area contributed by atoms with E-state index >= 15 is 0 Å². The number of aryl methyl sites for hydroxylation is 1. The largest absolute Gasteiger partial charge is 0.483 e. The van der Waals surface area contributed by atoms with Crippen molar-refractivity contribution in [3.05, 3.63) is 81.9 Å². The molecule has 0 saturated carbocycles. The molecule has 0 aromatic carbocycles. The molecule has 2 aromatic rings. The maximum atomic E-state index is 13.7. The smallest absolute Gasteiger partial charge is 0.254 e. The minimum Gasteiger partial charge on any atom is -0.483 e. The van der Waals surface area contributed by atoms with Crippen molar-refractivity contribution in [1.29, 1.82) is 0 Å². The van der Waals surface area contributed by atoms with Crippen molar-refractivity contribution in [2.24, 2.45) is 11.5 Å². The van der Waals surface area contributed by atoms with Crippen LogP contribution < -0.4 is 11.5 Å². The van der Waals surface area contributed by atoms with Gasteiger partial charge in [-0.1, -0.05) is 30.4 Å². The highest BCUT2D eigenvalue weighted by molar-refractivity contribution is 7.09. The lowest BCUT2D eigenvalue weighted by atomic mass is 9.94. The number of allylic oxidation sites excluding steroid dienone is 5. The van der Waals surface area contributed by atoms with Crippen LogP contribution in [0, 0.1) is 6.92 Å². The van der Waals surface area contributed by atoms with E-state index in [0.29, 0.717) is 24.1 Å². The van der Waals surface area contributed by atoms with Gasteiger partial charge in [0.15, 0.2) is 5.88 Å². The lowest BCUT2D eigenvalue weighted by molar-refractivity contribution is -0.127. The zero-order valence-electron chi connectivity index (χ0n) is 22.2. The van der Waals surface area contributed by atoms with E-state index < -0.39 is 5.54 Å². The Morgan fingerprint density at radius 3 is 2.81 bits per heavy atom. The fourth-order valence-electron chi connectivity index (χ4n) is 4.14. The Hall–Kier alpha value is -3.50. The van der Waals surface area contributed by atoms with Crippen LogP contribution >= 0.6 is 11.3 Å². The molecule has 0 spiro atoms. The summed E-state index contributed by atoms with van der Waals surface area (Å²) in [6.45, 7) is 12.4. The average Bonchev–Trinajstić information content (AvgIpc) is 3.61. The number of carbonyl (C=O) groups excluding carboxylic acids is 1. The van der Waals surface area contributed by atoms with E-state index in [1.165, 1.54) is 13.2 Å². The van der Waals surface area contributed by atoms with E-state index in [0.717, 1.165) is 29.1 Å². The third kappa shape index (κ3) is 7.05. The third-order valence-corrected chi connectivity index (χ3v) is 7.02. The standard InChI is InChI=1S/C27H36N6O3S/c1-7-8-10-17(2)15-27(5,29)26-32-31-23(36-26)18(3)13-20(14-22(28)35-6)25(34)33-12-9-11-21(33)24-30-19(4)16-37-24/h7-8,10,13-14,16,21H,3,9,11-12,15,28-29H2,1-2,4-6H3/b8-7-,17-10+,20-13+,22-14+. The molecule has 1 saturated heterocycles. The first-order valence-corrected chi connectivity index (χ1v) is 13.0. The number of nitrogens with zero attached hydrogens (tertiary/aromatic N) is 4. The summed E-state index contributed by atoms with van der Waals surface area (Å²) < 4.78 is 11.0. The van der Waals surface area contributed by atoms with Crippen molar-refractivity contribution < 1.29 is 13.9 Å². The maximum Gasteiger partial charge on any atom is 0.254 e. The molecule has 2 unspecified atom stereocenters. The molecule has 1 amide bonds. The number of hydrogen-bond donors (Lipinski definition) is 2. The number of amides is 1. The van der Waals surface area contributed by atoms with E-state index in [2.05, 4.69) is 21.8 Å². The Labute approximate surface area is 222 Å². The van der Waals surface area contributed by atoms with Crippen LogP contribution in [0.25, 0.3) is 5.57 Å². The van der Waals surface area contributed by atoms with E-state index in [9.17, 15) is 4.79 Å². The minimum absolute atomic E-state index is 0.0909. The first-order valence-electron chi connectivity index (χ1n) is 12.1. The molecule has 9 nitrogen and oxygen atoms in total. The molecular weight excluding hydrogens is 488 g/mol. The van der Waals surface area contributed by atoms with E-state index in [1.807, 2.05) is 56.2 Å². The molecule has 2 atom stereocenters. The number of thiazole rings is 1. The molecule has 10 heteroatoms. The third-order valence-electron chi connectivity index (χ3n) is 5.95. The molecule has 3 rings (SSSR count). The summed E-state index contributed by atoms with van der Waals surface area (Å²) in [5.74, 6) is 0.343. The van der Waals surface area contributed by atoms with Gasteiger partial charge in [-0.2, -0.15) is 0 Å². The minimum atomic E-state index is -0.870. The molecule has 0 aliphatic carbocycles. The molecular formula is C27H36N6O3S. The number of nitrogens with two attached hydrogens (primary N) is 2. The Kier molecular flexibility index (Phi) is 9.23. The Bertz CT molecular complexity index is 1250. The van der Waals surface area contributed by atoms with Gasteiger partial charge in [0.2, 0.25) is 11.8 Å². The van der Waals surface area contributed by atoms with Gasteiger partial charge in [-0.05, 0) is 53.0 Å². The molecule has 0 bridgehead atoms. The molecule has 4 N–H and O–H groups in total. The zero-order chi connectivity index (χ0) is 27.2. The second kappa shape index (κ2) is 12.2. The lowest BCUT2D eigenvalue weighted by Crippen LogP contribution is -2.33. The molecule has 2 aromatic heterocycles. The van der Waals surface area contributed by atoms with E-state index in [-0.39, 0.29) is 29.6 Å². The number of aromatic nitrogens is 3. The van der Waals surface area contributed by atoms with Gasteiger partial charge in [0.1, 0.15) is 5.01 Å². The van der Waals surface area contributed by atoms with Gasteiger partial charge >= 0.3 is 0 Å². The molecule has 37 heavy (non-hydrogen) atoms. The number of methoxy groups -OCH3 is 1. The van der Waals surface area contributed by atoms with Crippen LogP contribution in [0.4, 0.5) is 0 Å². The fraction of sp³-hybridized carbons (Fsp3) is 0.407. The van der Waals surface area contributed by atoms with Crippen LogP contribution in [0.2, 0.25) is 0 Å². The maximum absolute atomic E-state index is 13.7. The summed E-state index contributed by atoms with van der Waals surface area (Å²) in [6.07, 6.45) is 11.2. The number of likely N-dealkylation sites (tertiary alicyclic amines) is 1. The van der Waals surface area contributed by atoms with Crippen molar-refractivity contribution in [2.75, 3.05) is 13.7 Å². The first kappa shape index (κ1) is 28.1. The van der Waals surface area contributed by atoms with Gasteiger partial charge in [-0.25, -0.2) is 4.98 Å². The topological polar surface area (TPSA) is 133 Å².